The van der Waals surface area contributed by atoms with Crippen molar-refractivity contribution in [3.63, 3.8) is 0 Å². The Labute approximate surface area is 90.5 Å². The lowest BCUT2D eigenvalue weighted by Crippen LogP contribution is -2.24. The van der Waals surface area contributed by atoms with E-state index in [1.54, 1.807) is 17.0 Å². The Kier molecular flexibility index (Phi) is 3.19. The van der Waals surface area contributed by atoms with Crippen LogP contribution in [0.15, 0.2) is 12.4 Å². The molecular weight excluding hydrogens is 188 g/mol. The summed E-state index contributed by atoms with van der Waals surface area (Å²) in [5.74, 6) is 1.38. The molecule has 0 radical (unpaired) electrons. The third-order valence-electron chi connectivity index (χ3n) is 3.23. The van der Waals surface area contributed by atoms with Crippen LogP contribution >= 0.6 is 0 Å². The van der Waals surface area contributed by atoms with Crippen molar-refractivity contribution in [1.82, 2.24) is 9.55 Å². The van der Waals surface area contributed by atoms with Crippen LogP contribution in [0.3, 0.4) is 0 Å². The van der Waals surface area contributed by atoms with Crippen LogP contribution in [0, 0.1) is 5.92 Å². The molecular formula is C12H18N2O. The van der Waals surface area contributed by atoms with Gasteiger partial charge in [0.15, 0.2) is 0 Å². The summed E-state index contributed by atoms with van der Waals surface area (Å²) in [5.41, 5.74) is 0. The second-order valence-corrected chi connectivity index (χ2v) is 4.24. The molecule has 0 amide bonds. The first-order valence-corrected chi connectivity index (χ1v) is 5.89. The van der Waals surface area contributed by atoms with Gasteiger partial charge in [-0.2, -0.15) is 0 Å². The molecule has 1 heterocycles. The summed E-state index contributed by atoms with van der Waals surface area (Å²) in [5, 5.41) is 0. The van der Waals surface area contributed by atoms with E-state index in [-0.39, 0.29) is 11.8 Å². The van der Waals surface area contributed by atoms with Crippen molar-refractivity contribution in [2.75, 3.05) is 0 Å². The highest BCUT2D eigenvalue weighted by Gasteiger charge is 2.23. The van der Waals surface area contributed by atoms with Gasteiger partial charge >= 0.3 is 0 Å². The predicted molar refractivity (Wildman–Crippen MR) is 58.8 cm³/mol. The van der Waals surface area contributed by atoms with E-state index in [0.717, 1.165) is 25.1 Å². The van der Waals surface area contributed by atoms with Gasteiger partial charge in [-0.1, -0.05) is 26.2 Å². The summed E-state index contributed by atoms with van der Waals surface area (Å²) in [7, 11) is 0. The molecule has 0 atom stereocenters. The molecule has 0 aromatic carbocycles. The molecule has 1 aliphatic rings. The molecule has 1 aromatic heterocycles. The molecule has 2 rings (SSSR count). The van der Waals surface area contributed by atoms with Crippen molar-refractivity contribution in [2.24, 2.45) is 5.92 Å². The maximum absolute atomic E-state index is 12.2. The highest BCUT2D eigenvalue weighted by atomic mass is 16.2. The van der Waals surface area contributed by atoms with Crippen molar-refractivity contribution in [1.29, 1.82) is 0 Å². The second kappa shape index (κ2) is 4.60. The number of hydrogen-bond acceptors (Lipinski definition) is 2. The van der Waals surface area contributed by atoms with Gasteiger partial charge in [0.05, 0.1) is 0 Å². The SMILES string of the molecule is CCc1nccn1C(=O)C1CCCCC1. The minimum Gasteiger partial charge on any atom is -0.274 e. The van der Waals surface area contributed by atoms with Gasteiger partial charge in [0.1, 0.15) is 5.82 Å². The average molecular weight is 206 g/mol. The van der Waals surface area contributed by atoms with Gasteiger partial charge in [-0.3, -0.25) is 9.36 Å². The molecule has 0 N–H and O–H groups in total. The number of nitrogens with zero attached hydrogens (tertiary/aromatic N) is 2. The van der Waals surface area contributed by atoms with Gasteiger partial charge in [0.2, 0.25) is 5.91 Å². The largest absolute Gasteiger partial charge is 0.274 e. The Morgan fingerprint density at radius 2 is 2.20 bits per heavy atom. The first-order chi connectivity index (χ1) is 7.33. The standard InChI is InChI=1S/C12H18N2O/c1-2-11-13-8-9-14(11)12(15)10-6-4-3-5-7-10/h8-10H,2-7H2,1H3. The molecule has 0 saturated heterocycles. The van der Waals surface area contributed by atoms with Crippen LogP contribution in [0.25, 0.3) is 0 Å². The first-order valence-electron chi connectivity index (χ1n) is 5.89. The summed E-state index contributed by atoms with van der Waals surface area (Å²) in [6, 6.07) is 0. The predicted octanol–water partition coefficient (Wildman–Crippen LogP) is 2.67. The molecule has 0 bridgehead atoms. The highest BCUT2D eigenvalue weighted by Crippen LogP contribution is 2.25. The van der Waals surface area contributed by atoms with Gasteiger partial charge in [0, 0.05) is 24.7 Å². The van der Waals surface area contributed by atoms with Crippen molar-refractivity contribution >= 4 is 5.91 Å². The quantitative estimate of drug-likeness (QED) is 0.745. The zero-order valence-corrected chi connectivity index (χ0v) is 9.28. The van der Waals surface area contributed by atoms with E-state index < -0.39 is 0 Å². The normalized spacial score (nSPS) is 17.9. The van der Waals surface area contributed by atoms with E-state index in [9.17, 15) is 4.79 Å². The molecule has 82 valence electrons. The Morgan fingerprint density at radius 3 is 2.87 bits per heavy atom. The lowest BCUT2D eigenvalue weighted by atomic mass is 9.88. The smallest absolute Gasteiger partial charge is 0.235 e. The monoisotopic (exact) mass is 206 g/mol. The summed E-state index contributed by atoms with van der Waals surface area (Å²) in [6.07, 6.45) is 10.1. The summed E-state index contributed by atoms with van der Waals surface area (Å²) < 4.78 is 1.75. The maximum Gasteiger partial charge on any atom is 0.235 e. The van der Waals surface area contributed by atoms with E-state index in [1.807, 2.05) is 6.92 Å². The summed E-state index contributed by atoms with van der Waals surface area (Å²) in [6.45, 7) is 2.03. The molecule has 15 heavy (non-hydrogen) atoms. The third-order valence-corrected chi connectivity index (χ3v) is 3.23. The maximum atomic E-state index is 12.2. The summed E-state index contributed by atoms with van der Waals surface area (Å²) >= 11 is 0. The third kappa shape index (κ3) is 2.11. The molecule has 0 unspecified atom stereocenters. The molecule has 1 aliphatic carbocycles. The Morgan fingerprint density at radius 1 is 1.47 bits per heavy atom. The van der Waals surface area contributed by atoms with Gasteiger partial charge < -0.3 is 0 Å². The summed E-state index contributed by atoms with van der Waals surface area (Å²) in [4.78, 5) is 16.4. The Balaban J connectivity index is 2.12. The topological polar surface area (TPSA) is 34.9 Å². The van der Waals surface area contributed by atoms with Crippen molar-refractivity contribution in [3.8, 4) is 0 Å². The lowest BCUT2D eigenvalue weighted by molar-refractivity contribution is 0.0798. The van der Waals surface area contributed by atoms with Gasteiger partial charge in [-0.15, -0.1) is 0 Å². The molecule has 0 aliphatic heterocycles. The van der Waals surface area contributed by atoms with Gasteiger partial charge in [-0.05, 0) is 12.8 Å². The lowest BCUT2D eigenvalue weighted by Gasteiger charge is -2.20. The zero-order chi connectivity index (χ0) is 10.7. The molecule has 1 aromatic rings. The number of rotatable bonds is 2. The number of hydrogen-bond donors (Lipinski definition) is 0. The Hall–Kier alpha value is -1.12. The van der Waals surface area contributed by atoms with E-state index in [0.29, 0.717) is 0 Å². The fraction of sp³-hybridized carbons (Fsp3) is 0.667. The number of aromatic nitrogens is 2. The van der Waals surface area contributed by atoms with E-state index in [2.05, 4.69) is 4.98 Å². The van der Waals surface area contributed by atoms with Crippen LogP contribution in [0.4, 0.5) is 0 Å². The van der Waals surface area contributed by atoms with Crippen LogP contribution in [0.1, 0.15) is 49.6 Å². The van der Waals surface area contributed by atoms with Crippen molar-refractivity contribution < 1.29 is 4.79 Å². The van der Waals surface area contributed by atoms with Crippen molar-refractivity contribution in [2.45, 2.75) is 45.4 Å². The fourth-order valence-corrected chi connectivity index (χ4v) is 2.34. The fourth-order valence-electron chi connectivity index (χ4n) is 2.34. The number of aryl methyl sites for hydroxylation is 1. The zero-order valence-electron chi connectivity index (χ0n) is 9.28. The number of carbonyl (C=O) groups excluding carboxylic acids is 1. The minimum atomic E-state index is 0.234. The van der Waals surface area contributed by atoms with Crippen LogP contribution in [-0.4, -0.2) is 15.5 Å². The molecule has 0 spiro atoms. The van der Waals surface area contributed by atoms with E-state index in [4.69, 9.17) is 0 Å². The second-order valence-electron chi connectivity index (χ2n) is 4.24. The van der Waals surface area contributed by atoms with Gasteiger partial charge in [-0.25, -0.2) is 4.98 Å². The van der Waals surface area contributed by atoms with Crippen molar-refractivity contribution in [3.05, 3.63) is 18.2 Å². The molecule has 1 fully saturated rings. The van der Waals surface area contributed by atoms with Crippen LogP contribution in [-0.2, 0) is 6.42 Å². The van der Waals surface area contributed by atoms with E-state index >= 15 is 0 Å². The van der Waals surface area contributed by atoms with Crippen LogP contribution in [0.2, 0.25) is 0 Å². The van der Waals surface area contributed by atoms with Crippen LogP contribution in [0.5, 0.6) is 0 Å². The number of carbonyl (C=O) groups is 1. The van der Waals surface area contributed by atoms with E-state index in [1.165, 1.54) is 19.3 Å². The average Bonchev–Trinajstić information content (AvgIpc) is 2.77. The molecule has 1 saturated carbocycles. The first kappa shape index (κ1) is 10.4. The molecule has 3 nitrogen and oxygen atoms in total. The van der Waals surface area contributed by atoms with Crippen LogP contribution < -0.4 is 0 Å². The highest BCUT2D eigenvalue weighted by molar-refractivity contribution is 5.81. The van der Waals surface area contributed by atoms with Gasteiger partial charge in [0.25, 0.3) is 0 Å². The minimum absolute atomic E-state index is 0.234. The molecule has 3 heteroatoms. The number of imidazole rings is 1. The Bertz CT molecular complexity index is 337.